The van der Waals surface area contributed by atoms with Crippen molar-refractivity contribution >= 4 is 15.9 Å². The lowest BCUT2D eigenvalue weighted by atomic mass is 10.3. The van der Waals surface area contributed by atoms with Crippen LogP contribution in [0, 0.1) is 0 Å². The first-order valence-electron chi connectivity index (χ1n) is 6.69. The summed E-state index contributed by atoms with van der Waals surface area (Å²) < 4.78 is 44.7. The topological polar surface area (TPSA) is 87.1 Å². The van der Waals surface area contributed by atoms with Gasteiger partial charge in [-0.1, -0.05) is 0 Å². The summed E-state index contributed by atoms with van der Waals surface area (Å²) in [5.41, 5.74) is -0.778. The second kappa shape index (κ2) is 5.27. The Morgan fingerprint density at radius 1 is 1.38 bits per heavy atom. The molecule has 1 aromatic heterocycles. The highest BCUT2D eigenvalue weighted by Gasteiger charge is 2.55. The summed E-state index contributed by atoms with van der Waals surface area (Å²) in [6.07, 6.45) is 3.48. The van der Waals surface area contributed by atoms with Gasteiger partial charge >= 0.3 is 0 Å². The Kier molecular flexibility index (Phi) is 3.58. The summed E-state index contributed by atoms with van der Waals surface area (Å²) in [4.78, 5) is 3.98. The Bertz CT molecular complexity index is 667. The van der Waals surface area contributed by atoms with Crippen molar-refractivity contribution in [3.05, 3.63) is 18.3 Å². The van der Waals surface area contributed by atoms with Crippen LogP contribution >= 0.6 is 0 Å². The van der Waals surface area contributed by atoms with Gasteiger partial charge in [-0.15, -0.1) is 4.40 Å². The van der Waals surface area contributed by atoms with Crippen LogP contribution in [0.1, 0.15) is 19.3 Å². The minimum absolute atomic E-state index is 0.0215. The van der Waals surface area contributed by atoms with Gasteiger partial charge in [0.1, 0.15) is 0 Å². The molecule has 0 atom stereocenters. The number of sulfonamides is 1. The van der Waals surface area contributed by atoms with Crippen molar-refractivity contribution in [2.75, 3.05) is 20.3 Å². The molecule has 1 aliphatic heterocycles. The second-order valence-electron chi connectivity index (χ2n) is 4.97. The third-order valence-electron chi connectivity index (χ3n) is 3.33. The molecule has 0 saturated heterocycles. The lowest BCUT2D eigenvalue weighted by molar-refractivity contribution is 0.149. The minimum Gasteiger partial charge on any atom is -0.477 e. The first kappa shape index (κ1) is 14.3. The molecule has 1 aliphatic carbocycles. The molecule has 0 aromatic carbocycles. The van der Waals surface area contributed by atoms with E-state index in [9.17, 15) is 8.42 Å². The number of hydrogen-bond acceptors (Lipinski definition) is 6. The molecule has 0 amide bonds. The van der Waals surface area contributed by atoms with Crippen molar-refractivity contribution in [3.63, 3.8) is 0 Å². The number of nitrogens with zero attached hydrogens (tertiary/aromatic N) is 2. The van der Waals surface area contributed by atoms with Gasteiger partial charge in [0.05, 0.1) is 6.61 Å². The van der Waals surface area contributed by atoms with Gasteiger partial charge in [-0.2, -0.15) is 8.42 Å². The Hall–Kier alpha value is -1.67. The third kappa shape index (κ3) is 2.73. The molecule has 8 heteroatoms. The maximum absolute atomic E-state index is 12.3. The van der Waals surface area contributed by atoms with Crippen molar-refractivity contribution in [2.45, 2.75) is 29.8 Å². The SMILES string of the molecule is COCCCOC1=NS(=O)(=O)c2cccnc2OC12CC2. The molecule has 0 bridgehead atoms. The highest BCUT2D eigenvalue weighted by Crippen LogP contribution is 2.45. The highest BCUT2D eigenvalue weighted by atomic mass is 32.2. The van der Waals surface area contributed by atoms with Crippen molar-refractivity contribution in [3.8, 4) is 5.88 Å². The zero-order valence-electron chi connectivity index (χ0n) is 11.6. The van der Waals surface area contributed by atoms with Crippen LogP contribution in [0.4, 0.5) is 0 Å². The van der Waals surface area contributed by atoms with Gasteiger partial charge in [-0.3, -0.25) is 0 Å². The maximum Gasteiger partial charge on any atom is 0.290 e. The average molecular weight is 312 g/mol. The van der Waals surface area contributed by atoms with Crippen LogP contribution in [0.3, 0.4) is 0 Å². The molecule has 0 N–H and O–H groups in total. The molecule has 1 aromatic rings. The van der Waals surface area contributed by atoms with E-state index in [4.69, 9.17) is 14.2 Å². The van der Waals surface area contributed by atoms with Crippen LogP contribution in [0.15, 0.2) is 27.6 Å². The van der Waals surface area contributed by atoms with Gasteiger partial charge in [0, 0.05) is 39.2 Å². The van der Waals surface area contributed by atoms with E-state index in [1.165, 1.54) is 12.3 Å². The summed E-state index contributed by atoms with van der Waals surface area (Å²) in [5, 5.41) is 0. The summed E-state index contributed by atoms with van der Waals surface area (Å²) in [6.45, 7) is 0.868. The lowest BCUT2D eigenvalue weighted by Gasteiger charge is -2.17. The normalized spacial score (nSPS) is 20.9. The number of methoxy groups -OCH3 is 1. The fraction of sp³-hybridized carbons (Fsp3) is 0.538. The van der Waals surface area contributed by atoms with Crippen LogP contribution in [0.5, 0.6) is 5.88 Å². The van der Waals surface area contributed by atoms with Gasteiger partial charge in [-0.25, -0.2) is 4.98 Å². The fourth-order valence-electron chi connectivity index (χ4n) is 2.08. The molecule has 1 saturated carbocycles. The molecule has 1 fully saturated rings. The molecule has 2 aliphatic rings. The van der Waals surface area contributed by atoms with Gasteiger partial charge in [0.15, 0.2) is 10.5 Å². The van der Waals surface area contributed by atoms with E-state index in [0.29, 0.717) is 32.5 Å². The van der Waals surface area contributed by atoms with Crippen molar-refractivity contribution in [2.24, 2.45) is 4.40 Å². The average Bonchev–Trinajstić information content (AvgIpc) is 3.24. The molecule has 2 heterocycles. The third-order valence-corrected chi connectivity index (χ3v) is 4.61. The standard InChI is InChI=1S/C13H16N2O5S/c1-18-8-3-9-19-12-13(5-6-13)20-11-10(4-2-7-14-11)21(16,17)15-12/h2,4,7H,3,5-6,8-9H2,1H3. The van der Waals surface area contributed by atoms with Crippen molar-refractivity contribution < 1.29 is 22.6 Å². The Morgan fingerprint density at radius 2 is 2.19 bits per heavy atom. The molecule has 0 radical (unpaired) electrons. The highest BCUT2D eigenvalue weighted by molar-refractivity contribution is 7.90. The smallest absolute Gasteiger partial charge is 0.290 e. The molecule has 0 unspecified atom stereocenters. The van der Waals surface area contributed by atoms with Gasteiger partial charge in [0.2, 0.25) is 11.8 Å². The van der Waals surface area contributed by atoms with Crippen LogP contribution < -0.4 is 4.74 Å². The molecule has 7 nitrogen and oxygen atoms in total. The molecule has 114 valence electrons. The van der Waals surface area contributed by atoms with Gasteiger partial charge < -0.3 is 14.2 Å². The number of rotatable bonds is 4. The Balaban J connectivity index is 1.90. The quantitative estimate of drug-likeness (QED) is 0.775. The predicted molar refractivity (Wildman–Crippen MR) is 73.9 cm³/mol. The summed E-state index contributed by atoms with van der Waals surface area (Å²) in [5.74, 6) is 0.214. The number of fused-ring (bicyclic) bond motifs is 1. The summed E-state index contributed by atoms with van der Waals surface area (Å²) in [6, 6.07) is 2.98. The van der Waals surface area contributed by atoms with E-state index in [-0.39, 0.29) is 16.7 Å². The van der Waals surface area contributed by atoms with E-state index in [1.54, 1.807) is 13.2 Å². The van der Waals surface area contributed by atoms with E-state index in [2.05, 4.69) is 9.38 Å². The number of ether oxygens (including phenoxy) is 3. The molecule has 1 spiro atoms. The minimum atomic E-state index is -3.86. The molecular formula is C13H16N2O5S. The number of pyridine rings is 1. The van der Waals surface area contributed by atoms with Crippen molar-refractivity contribution in [1.82, 2.24) is 4.98 Å². The van der Waals surface area contributed by atoms with E-state index in [0.717, 1.165) is 0 Å². The molecule has 3 rings (SSSR count). The zero-order valence-corrected chi connectivity index (χ0v) is 12.4. The molecular weight excluding hydrogens is 296 g/mol. The second-order valence-corrected chi connectivity index (χ2v) is 6.54. The van der Waals surface area contributed by atoms with E-state index < -0.39 is 15.6 Å². The monoisotopic (exact) mass is 312 g/mol. The Morgan fingerprint density at radius 3 is 2.90 bits per heavy atom. The number of aromatic nitrogens is 1. The maximum atomic E-state index is 12.3. The van der Waals surface area contributed by atoms with Crippen LogP contribution in [0.25, 0.3) is 0 Å². The Labute approximate surface area is 123 Å². The first-order valence-corrected chi connectivity index (χ1v) is 8.13. The zero-order chi connectivity index (χ0) is 14.9. The van der Waals surface area contributed by atoms with Gasteiger partial charge in [-0.05, 0) is 12.1 Å². The van der Waals surface area contributed by atoms with Crippen LogP contribution in [-0.2, 0) is 19.5 Å². The van der Waals surface area contributed by atoms with Crippen LogP contribution in [0.2, 0.25) is 0 Å². The van der Waals surface area contributed by atoms with Crippen molar-refractivity contribution in [1.29, 1.82) is 0 Å². The lowest BCUT2D eigenvalue weighted by Crippen LogP contribution is -2.32. The first-order chi connectivity index (χ1) is 10.1. The van der Waals surface area contributed by atoms with Gasteiger partial charge in [0.25, 0.3) is 10.0 Å². The van der Waals surface area contributed by atoms with E-state index >= 15 is 0 Å². The number of hydrogen-bond donors (Lipinski definition) is 0. The molecule has 21 heavy (non-hydrogen) atoms. The van der Waals surface area contributed by atoms with Crippen LogP contribution in [-0.4, -0.2) is 45.2 Å². The van der Waals surface area contributed by atoms with E-state index in [1.807, 2.05) is 0 Å². The predicted octanol–water partition coefficient (Wildman–Crippen LogP) is 1.15. The largest absolute Gasteiger partial charge is 0.477 e. The summed E-state index contributed by atoms with van der Waals surface area (Å²) >= 11 is 0. The summed E-state index contributed by atoms with van der Waals surface area (Å²) in [7, 11) is -2.26. The fourth-order valence-corrected chi connectivity index (χ4v) is 3.18.